The molecule has 2 heterocycles. The highest BCUT2D eigenvalue weighted by Crippen LogP contribution is 2.17. The summed E-state index contributed by atoms with van der Waals surface area (Å²) in [5.41, 5.74) is 1.04. The maximum Gasteiger partial charge on any atom is 0.214 e. The zero-order chi connectivity index (χ0) is 13.2. The van der Waals surface area contributed by atoms with Crippen molar-refractivity contribution in [1.29, 1.82) is 0 Å². The summed E-state index contributed by atoms with van der Waals surface area (Å²) in [6, 6.07) is 1.97. The van der Waals surface area contributed by atoms with Crippen molar-refractivity contribution in [3.63, 3.8) is 0 Å². The molecular formula is C11H16BrN3O2S. The van der Waals surface area contributed by atoms with Gasteiger partial charge in [-0.25, -0.2) is 17.7 Å². The molecule has 1 saturated heterocycles. The van der Waals surface area contributed by atoms with E-state index in [0.717, 1.165) is 22.3 Å². The minimum absolute atomic E-state index is 0.280. The molecule has 7 heteroatoms. The second-order valence-corrected chi connectivity index (χ2v) is 7.32. The van der Waals surface area contributed by atoms with Gasteiger partial charge >= 0.3 is 0 Å². The SMILES string of the molecule is Cc1cc(Br)cnc1NCCN1CCCS1(=O)=O. The predicted octanol–water partition coefficient (Wildman–Crippen LogP) is 1.60. The molecule has 100 valence electrons. The molecule has 18 heavy (non-hydrogen) atoms. The number of hydrogen-bond acceptors (Lipinski definition) is 4. The molecular weight excluding hydrogens is 318 g/mol. The van der Waals surface area contributed by atoms with Crippen molar-refractivity contribution in [3.8, 4) is 0 Å². The van der Waals surface area contributed by atoms with Crippen LogP contribution in [0.2, 0.25) is 0 Å². The standard InChI is InChI=1S/C11H16BrN3O2S/c1-9-7-10(12)8-14-11(9)13-3-5-15-4-2-6-18(15,16)17/h7-8H,2-6H2,1H3,(H,13,14). The van der Waals surface area contributed by atoms with Gasteiger partial charge in [-0.2, -0.15) is 0 Å². The number of sulfonamides is 1. The molecule has 1 aliphatic heterocycles. The molecule has 1 aromatic heterocycles. The van der Waals surface area contributed by atoms with Gasteiger partial charge in [0.05, 0.1) is 5.75 Å². The van der Waals surface area contributed by atoms with Crippen LogP contribution in [0.4, 0.5) is 5.82 Å². The van der Waals surface area contributed by atoms with Gasteiger partial charge in [-0.15, -0.1) is 0 Å². The Hall–Kier alpha value is -0.660. The molecule has 1 fully saturated rings. The number of nitrogens with zero attached hydrogens (tertiary/aromatic N) is 2. The van der Waals surface area contributed by atoms with Crippen LogP contribution in [0.25, 0.3) is 0 Å². The number of hydrogen-bond donors (Lipinski definition) is 1. The Labute approximate surface area is 116 Å². The molecule has 5 nitrogen and oxygen atoms in total. The number of nitrogens with one attached hydrogen (secondary N) is 1. The molecule has 0 aliphatic carbocycles. The van der Waals surface area contributed by atoms with Gasteiger partial charge in [0.1, 0.15) is 5.82 Å². The Morgan fingerprint density at radius 1 is 1.56 bits per heavy atom. The van der Waals surface area contributed by atoms with Crippen LogP contribution in [-0.4, -0.2) is 43.1 Å². The quantitative estimate of drug-likeness (QED) is 0.909. The van der Waals surface area contributed by atoms with Crippen molar-refractivity contribution in [2.24, 2.45) is 0 Å². The van der Waals surface area contributed by atoms with Crippen LogP contribution in [0.5, 0.6) is 0 Å². The molecule has 0 atom stereocenters. The third kappa shape index (κ3) is 3.21. The number of aromatic nitrogens is 1. The summed E-state index contributed by atoms with van der Waals surface area (Å²) in [7, 11) is -2.99. The maximum atomic E-state index is 11.6. The van der Waals surface area contributed by atoms with Gasteiger partial charge in [0.2, 0.25) is 10.0 Å². The number of pyridine rings is 1. The third-order valence-corrected chi connectivity index (χ3v) is 5.29. The van der Waals surface area contributed by atoms with Gasteiger partial charge < -0.3 is 5.32 Å². The summed E-state index contributed by atoms with van der Waals surface area (Å²) < 4.78 is 25.7. The average Bonchev–Trinajstić information content (AvgIpc) is 2.61. The van der Waals surface area contributed by atoms with E-state index in [1.54, 1.807) is 6.20 Å². The second kappa shape index (κ2) is 5.54. The Kier molecular flexibility index (Phi) is 4.24. The van der Waals surface area contributed by atoms with Gasteiger partial charge in [-0.3, -0.25) is 0 Å². The smallest absolute Gasteiger partial charge is 0.214 e. The molecule has 0 unspecified atom stereocenters. The maximum absolute atomic E-state index is 11.6. The molecule has 0 saturated carbocycles. The zero-order valence-corrected chi connectivity index (χ0v) is 12.6. The summed E-state index contributed by atoms with van der Waals surface area (Å²) in [4.78, 5) is 4.25. The predicted molar refractivity (Wildman–Crippen MR) is 75.1 cm³/mol. The molecule has 1 N–H and O–H groups in total. The average molecular weight is 334 g/mol. The molecule has 1 aliphatic rings. The summed E-state index contributed by atoms with van der Waals surface area (Å²) in [6.45, 7) is 3.68. The summed E-state index contributed by atoms with van der Waals surface area (Å²) in [6.07, 6.45) is 2.46. The fourth-order valence-corrected chi connectivity index (χ4v) is 3.94. The molecule has 0 amide bonds. The van der Waals surface area contributed by atoms with Crippen LogP contribution in [0.15, 0.2) is 16.7 Å². The van der Waals surface area contributed by atoms with E-state index >= 15 is 0 Å². The van der Waals surface area contributed by atoms with E-state index in [1.807, 2.05) is 13.0 Å². The molecule has 2 rings (SSSR count). The van der Waals surface area contributed by atoms with Gasteiger partial charge in [-0.1, -0.05) is 0 Å². The van der Waals surface area contributed by atoms with E-state index in [1.165, 1.54) is 4.31 Å². The first kappa shape index (κ1) is 13.8. The molecule has 0 radical (unpaired) electrons. The van der Waals surface area contributed by atoms with E-state index in [4.69, 9.17) is 0 Å². The van der Waals surface area contributed by atoms with Crippen LogP contribution in [-0.2, 0) is 10.0 Å². The minimum Gasteiger partial charge on any atom is -0.369 e. The van der Waals surface area contributed by atoms with E-state index in [-0.39, 0.29) is 5.75 Å². The lowest BCUT2D eigenvalue weighted by molar-refractivity contribution is 0.456. The first-order valence-corrected chi connectivity index (χ1v) is 8.23. The summed E-state index contributed by atoms with van der Waals surface area (Å²) in [5.74, 6) is 1.08. The fourth-order valence-electron chi connectivity index (χ4n) is 1.97. The molecule has 0 bridgehead atoms. The highest BCUT2D eigenvalue weighted by atomic mass is 79.9. The fraction of sp³-hybridized carbons (Fsp3) is 0.545. The molecule has 0 spiro atoms. The van der Waals surface area contributed by atoms with Crippen LogP contribution < -0.4 is 5.32 Å². The van der Waals surface area contributed by atoms with Gasteiger partial charge in [0.15, 0.2) is 0 Å². The first-order chi connectivity index (χ1) is 8.49. The monoisotopic (exact) mass is 333 g/mol. The van der Waals surface area contributed by atoms with E-state index < -0.39 is 10.0 Å². The van der Waals surface area contributed by atoms with Crippen LogP contribution in [0, 0.1) is 6.92 Å². The van der Waals surface area contributed by atoms with Crippen molar-refractivity contribution in [1.82, 2.24) is 9.29 Å². The number of halogens is 1. The van der Waals surface area contributed by atoms with Gasteiger partial charge in [-0.05, 0) is 40.9 Å². The van der Waals surface area contributed by atoms with E-state index in [0.29, 0.717) is 19.6 Å². The van der Waals surface area contributed by atoms with Crippen LogP contribution in [0.3, 0.4) is 0 Å². The lowest BCUT2D eigenvalue weighted by atomic mass is 10.3. The Balaban J connectivity index is 1.89. The van der Waals surface area contributed by atoms with Crippen LogP contribution in [0.1, 0.15) is 12.0 Å². The van der Waals surface area contributed by atoms with E-state index in [9.17, 15) is 8.42 Å². The Bertz CT molecular complexity index is 533. The summed E-state index contributed by atoms with van der Waals surface area (Å²) >= 11 is 3.36. The number of aryl methyl sites for hydroxylation is 1. The number of rotatable bonds is 4. The Morgan fingerprint density at radius 3 is 2.94 bits per heavy atom. The molecule has 1 aromatic rings. The van der Waals surface area contributed by atoms with Crippen LogP contribution >= 0.6 is 15.9 Å². The number of anilines is 1. The molecule has 0 aromatic carbocycles. The van der Waals surface area contributed by atoms with Gasteiger partial charge in [0.25, 0.3) is 0 Å². The van der Waals surface area contributed by atoms with E-state index in [2.05, 4.69) is 26.2 Å². The highest BCUT2D eigenvalue weighted by Gasteiger charge is 2.27. The first-order valence-electron chi connectivity index (χ1n) is 5.83. The minimum atomic E-state index is -2.99. The summed E-state index contributed by atoms with van der Waals surface area (Å²) in [5, 5.41) is 3.17. The van der Waals surface area contributed by atoms with Crippen molar-refractivity contribution < 1.29 is 8.42 Å². The largest absolute Gasteiger partial charge is 0.369 e. The van der Waals surface area contributed by atoms with Crippen molar-refractivity contribution in [2.45, 2.75) is 13.3 Å². The zero-order valence-electron chi connectivity index (χ0n) is 10.2. The normalized spacial score (nSPS) is 19.0. The van der Waals surface area contributed by atoms with Crippen molar-refractivity contribution in [3.05, 3.63) is 22.3 Å². The van der Waals surface area contributed by atoms with Crippen molar-refractivity contribution >= 4 is 31.8 Å². The highest BCUT2D eigenvalue weighted by molar-refractivity contribution is 9.10. The second-order valence-electron chi connectivity index (χ2n) is 4.31. The lowest BCUT2D eigenvalue weighted by Crippen LogP contribution is -2.30. The third-order valence-electron chi connectivity index (χ3n) is 2.90. The Morgan fingerprint density at radius 2 is 2.33 bits per heavy atom. The topological polar surface area (TPSA) is 62.3 Å². The van der Waals surface area contributed by atoms with Crippen molar-refractivity contribution in [2.75, 3.05) is 30.7 Å². The lowest BCUT2D eigenvalue weighted by Gasteiger charge is -2.15. The van der Waals surface area contributed by atoms with Gasteiger partial charge in [0, 0.05) is 30.3 Å².